The number of carbonyl (C=O) groups is 4. The van der Waals surface area contributed by atoms with Crippen molar-refractivity contribution in [2.24, 2.45) is 10.8 Å². The van der Waals surface area contributed by atoms with Gasteiger partial charge in [0.2, 0.25) is 11.8 Å². The van der Waals surface area contributed by atoms with E-state index in [0.29, 0.717) is 50.0 Å². The Bertz CT molecular complexity index is 2110. The topological polar surface area (TPSA) is 157 Å². The van der Waals surface area contributed by atoms with Crippen molar-refractivity contribution in [1.82, 2.24) is 40.8 Å². The number of fused-ring (bicyclic) bond motifs is 4. The van der Waals surface area contributed by atoms with Crippen LogP contribution in [0.3, 0.4) is 0 Å². The molecule has 2 aromatic rings. The lowest BCUT2D eigenvalue weighted by Crippen LogP contribution is -2.67. The third-order valence-corrected chi connectivity index (χ3v) is 16.8. The van der Waals surface area contributed by atoms with Crippen LogP contribution in [-0.4, -0.2) is 151 Å². The molecule has 68 heavy (non-hydrogen) atoms. The van der Waals surface area contributed by atoms with E-state index in [1.165, 1.54) is 36.1 Å². The van der Waals surface area contributed by atoms with Gasteiger partial charge < -0.3 is 34.9 Å². The lowest BCUT2D eigenvalue weighted by Gasteiger charge is -2.59. The molecule has 2 spiro atoms. The first-order chi connectivity index (χ1) is 32.7. The van der Waals surface area contributed by atoms with Gasteiger partial charge in [-0.15, -0.1) is 0 Å². The van der Waals surface area contributed by atoms with Crippen LogP contribution in [0.15, 0.2) is 60.7 Å². The van der Waals surface area contributed by atoms with Gasteiger partial charge in [0.15, 0.2) is 14.1 Å². The molecule has 0 unspecified atom stereocenters. The fourth-order valence-electron chi connectivity index (χ4n) is 12.1. The minimum Gasteiger partial charge on any atom is -0.391 e. The van der Waals surface area contributed by atoms with Crippen molar-refractivity contribution in [3.05, 3.63) is 71.8 Å². The van der Waals surface area contributed by atoms with E-state index in [0.717, 1.165) is 88.2 Å². The highest BCUT2D eigenvalue weighted by Crippen LogP contribution is 2.51. The van der Waals surface area contributed by atoms with Crippen molar-refractivity contribution < 1.29 is 38.0 Å². The van der Waals surface area contributed by atoms with Crippen LogP contribution in [-0.2, 0) is 41.6 Å². The molecular weight excluding hydrogens is 881 g/mol. The number of benzene rings is 2. The number of hydrogen-bond donors (Lipinski definition) is 3. The van der Waals surface area contributed by atoms with Gasteiger partial charge >= 0.3 is 12.1 Å². The van der Waals surface area contributed by atoms with E-state index in [1.807, 2.05) is 67.6 Å². The Morgan fingerprint density at radius 2 is 1.12 bits per heavy atom. The Hall–Kier alpha value is -4.10. The molecule has 0 radical (unpaired) electrons. The van der Waals surface area contributed by atoms with Gasteiger partial charge in [0.05, 0.1) is 12.1 Å². The van der Waals surface area contributed by atoms with E-state index in [2.05, 4.69) is 40.5 Å². The molecule has 17 heteroatoms. The quantitative estimate of drug-likeness (QED) is 0.149. The van der Waals surface area contributed by atoms with E-state index in [1.54, 1.807) is 9.80 Å². The molecule has 370 valence electrons. The molecule has 4 saturated carbocycles. The van der Waals surface area contributed by atoms with Crippen LogP contribution in [0.25, 0.3) is 0 Å². The van der Waals surface area contributed by atoms with Crippen LogP contribution >= 0.6 is 0 Å². The van der Waals surface area contributed by atoms with E-state index in [4.69, 9.17) is 18.8 Å². The van der Waals surface area contributed by atoms with Gasteiger partial charge in [-0.05, 0) is 113 Å². The first-order valence-electron chi connectivity index (χ1n) is 25.6. The summed E-state index contributed by atoms with van der Waals surface area (Å²) in [6.45, 7) is 15.9. The molecule has 12 rings (SSSR count). The molecule has 6 amide bonds. The zero-order chi connectivity index (χ0) is 47.3. The minimum absolute atomic E-state index is 0.00107. The number of urea groups is 2. The maximum Gasteiger partial charge on any atom is 0.345 e. The molecule has 3 N–H and O–H groups in total. The number of ether oxygens (including phenoxy) is 1. The highest BCUT2D eigenvalue weighted by molar-refractivity contribution is 6.69. The number of hydroxylamine groups is 4. The van der Waals surface area contributed by atoms with E-state index in [9.17, 15) is 19.2 Å². The summed E-state index contributed by atoms with van der Waals surface area (Å²) >= 11 is 0. The lowest BCUT2D eigenvalue weighted by molar-refractivity contribution is -0.140. The summed E-state index contributed by atoms with van der Waals surface area (Å²) in [6.07, 6.45) is 12.2. The number of rotatable bonds is 15. The molecule has 6 heterocycles. The third kappa shape index (κ3) is 10.5. The number of piperidine rings is 2. The standard InChI is InChI=1S/C23H30N4O3.C20H26N4O3.C8H18O2Si/c28-21(24-17-10-23(11-17)14-25(15-23)18-6-7-18)20-9-8-19-12-26(20)22(29)27(19)30-13-16-4-2-1-3-5-16;25-18(22-15-8-20(9-15)12-21-13-20)17-7-6-16-10-23(17)19(26)24(16)27-11-14-4-2-1-3-5-14;1-5-9-8(6-7-8)10-11(2,3)4/h1-5,17-20H,6-15H2,(H,24,28);1-5,15-17,21H,6-13H2,(H,22,25);5-7H2,1-4H3/t19-,20+;16-,17+;/m11./s1. The number of likely N-dealkylation sites (tertiary alicyclic amines) is 1. The molecule has 4 bridgehead atoms. The first-order valence-corrected chi connectivity index (χ1v) is 29.1. The van der Waals surface area contributed by atoms with Crippen molar-refractivity contribution in [2.45, 2.75) is 165 Å². The number of amides is 6. The number of nitrogens with zero attached hydrogens (tertiary/aromatic N) is 5. The normalized spacial score (nSPS) is 29.1. The molecule has 10 fully saturated rings. The Kier molecular flexibility index (Phi) is 13.5. The highest BCUT2D eigenvalue weighted by atomic mass is 28.4. The molecule has 10 aliphatic rings. The summed E-state index contributed by atoms with van der Waals surface area (Å²) in [7, 11) is -1.39. The highest BCUT2D eigenvalue weighted by Gasteiger charge is 2.57. The van der Waals surface area contributed by atoms with Crippen LogP contribution in [0, 0.1) is 10.8 Å². The largest absolute Gasteiger partial charge is 0.391 e. The van der Waals surface area contributed by atoms with Crippen molar-refractivity contribution in [1.29, 1.82) is 0 Å². The van der Waals surface area contributed by atoms with Gasteiger partial charge in [0, 0.05) is 76.8 Å². The molecule has 2 aromatic carbocycles. The summed E-state index contributed by atoms with van der Waals surface area (Å²) < 4.78 is 11.4. The molecule has 0 aromatic heterocycles. The second-order valence-corrected chi connectivity index (χ2v) is 27.0. The lowest BCUT2D eigenvalue weighted by atomic mass is 9.60. The van der Waals surface area contributed by atoms with E-state index >= 15 is 0 Å². The van der Waals surface area contributed by atoms with Crippen LogP contribution < -0.4 is 16.0 Å². The second kappa shape index (κ2) is 19.2. The van der Waals surface area contributed by atoms with Gasteiger partial charge in [0.25, 0.3) is 0 Å². The second-order valence-electron chi connectivity index (χ2n) is 22.6. The van der Waals surface area contributed by atoms with Crippen molar-refractivity contribution in [2.75, 3.05) is 45.9 Å². The molecule has 6 aliphatic heterocycles. The molecule has 4 aliphatic carbocycles. The van der Waals surface area contributed by atoms with Gasteiger partial charge in [-0.3, -0.25) is 24.2 Å². The smallest absolute Gasteiger partial charge is 0.345 e. The monoisotopic (exact) mass is 955 g/mol. The number of hydrogen-bond acceptors (Lipinski definition) is 10. The summed E-state index contributed by atoms with van der Waals surface area (Å²) in [4.78, 5) is 69.0. The summed E-state index contributed by atoms with van der Waals surface area (Å²) in [6, 6.07) is 20.1. The van der Waals surface area contributed by atoms with Crippen molar-refractivity contribution in [3.63, 3.8) is 0 Å². The SMILES string of the molecule is CCOC1(O[Si](C)(C)C)CC1.O=C(NC1CC2(C1)CN(C1CC1)C2)[C@@H]1CC[C@@H]2CN1C(=O)N2OCc1ccccc1.O=C(NC1CC2(CNC2)C1)[C@@H]1CC[C@@H]2CN1C(=O)N2OCc1ccccc1. The Morgan fingerprint density at radius 3 is 1.51 bits per heavy atom. The van der Waals surface area contributed by atoms with Crippen LogP contribution in [0.1, 0.15) is 95.1 Å². The summed E-state index contributed by atoms with van der Waals surface area (Å²) in [5.41, 5.74) is 2.96. The molecular formula is C51H74N8O8Si. The van der Waals surface area contributed by atoms with Crippen molar-refractivity contribution in [3.8, 4) is 0 Å². The first kappa shape index (κ1) is 47.6. The van der Waals surface area contributed by atoms with Gasteiger partial charge in [0.1, 0.15) is 25.3 Å². The van der Waals surface area contributed by atoms with Crippen LogP contribution in [0.4, 0.5) is 9.59 Å². The predicted octanol–water partition coefficient (Wildman–Crippen LogP) is 5.75. The zero-order valence-electron chi connectivity index (χ0n) is 40.7. The van der Waals surface area contributed by atoms with E-state index < -0.39 is 8.32 Å². The summed E-state index contributed by atoms with van der Waals surface area (Å²) in [5.74, 6) is -0.136. The average Bonchev–Trinajstić information content (AvgIpc) is 4.21. The molecule has 16 nitrogen and oxygen atoms in total. The van der Waals surface area contributed by atoms with Crippen LogP contribution in [0.5, 0.6) is 0 Å². The fraction of sp³-hybridized carbons (Fsp3) is 0.686. The maximum absolute atomic E-state index is 12.9. The summed E-state index contributed by atoms with van der Waals surface area (Å²) in [5, 5.41) is 12.7. The van der Waals surface area contributed by atoms with Crippen LogP contribution in [0.2, 0.25) is 19.6 Å². The maximum atomic E-state index is 12.9. The fourth-order valence-corrected chi connectivity index (χ4v) is 13.5. The number of nitrogens with one attached hydrogen (secondary N) is 3. The predicted molar refractivity (Wildman–Crippen MR) is 257 cm³/mol. The minimum atomic E-state index is -1.39. The zero-order valence-corrected chi connectivity index (χ0v) is 41.7. The Morgan fingerprint density at radius 1 is 0.662 bits per heavy atom. The Balaban J connectivity index is 0.000000131. The average molecular weight is 955 g/mol. The van der Waals surface area contributed by atoms with Gasteiger partial charge in [-0.25, -0.2) is 9.59 Å². The van der Waals surface area contributed by atoms with E-state index in [-0.39, 0.29) is 65.9 Å². The van der Waals surface area contributed by atoms with Crippen molar-refractivity contribution >= 4 is 32.2 Å². The van der Waals surface area contributed by atoms with Gasteiger partial charge in [-0.1, -0.05) is 60.7 Å². The Labute approximate surface area is 403 Å². The third-order valence-electron chi connectivity index (χ3n) is 15.8. The number of carbonyl (C=O) groups excluding carboxylic acids is 4. The van der Waals surface area contributed by atoms with Gasteiger partial charge in [-0.2, -0.15) is 10.1 Å². The molecule has 4 atom stereocenters. The molecule has 6 saturated heterocycles.